The van der Waals surface area contributed by atoms with Crippen LogP contribution in [0.1, 0.15) is 23.7 Å². The third-order valence-electron chi connectivity index (χ3n) is 3.32. The van der Waals surface area contributed by atoms with Crippen LogP contribution in [0.4, 0.5) is 0 Å². The van der Waals surface area contributed by atoms with Crippen molar-refractivity contribution >= 4 is 0 Å². The zero-order chi connectivity index (χ0) is 13.2. The minimum Gasteiger partial charge on any atom is -0.481 e. The van der Waals surface area contributed by atoms with Crippen molar-refractivity contribution in [1.29, 1.82) is 0 Å². The molecule has 1 heterocycles. The number of aliphatic hydroxyl groups is 1. The van der Waals surface area contributed by atoms with E-state index in [-0.39, 0.29) is 6.10 Å². The van der Waals surface area contributed by atoms with E-state index < -0.39 is 0 Å². The second kappa shape index (κ2) is 4.90. The Morgan fingerprint density at radius 1 is 1.16 bits per heavy atom. The summed E-state index contributed by atoms with van der Waals surface area (Å²) < 4.78 is 10.9. The summed E-state index contributed by atoms with van der Waals surface area (Å²) in [7, 11) is 1.57. The molecule has 0 radical (unpaired) electrons. The second-order valence-electron chi connectivity index (χ2n) is 4.50. The van der Waals surface area contributed by atoms with Gasteiger partial charge in [-0.1, -0.05) is 18.2 Å². The van der Waals surface area contributed by atoms with Crippen LogP contribution in [0.5, 0.6) is 17.5 Å². The predicted octanol–water partition coefficient (Wildman–Crippen LogP) is 2.86. The molecular weight excluding hydrogens is 242 g/mol. The standard InChI is InChI=1S/C15H15NO3/c1-18-14-6-3-7-15(16-14)19-13-5-2-4-10-11(13)8-9-12(10)17/h2-7,12,17H,8-9H2,1H3/t12-/m0/s1. The number of aliphatic hydroxyl groups excluding tert-OH is 1. The summed E-state index contributed by atoms with van der Waals surface area (Å²) in [6.45, 7) is 0. The first-order chi connectivity index (χ1) is 9.28. The Kier molecular flexibility index (Phi) is 3.09. The summed E-state index contributed by atoms with van der Waals surface area (Å²) in [6.07, 6.45) is 1.20. The van der Waals surface area contributed by atoms with E-state index in [0.717, 1.165) is 29.7 Å². The van der Waals surface area contributed by atoms with E-state index in [9.17, 15) is 5.11 Å². The van der Waals surface area contributed by atoms with Gasteiger partial charge >= 0.3 is 0 Å². The fourth-order valence-corrected chi connectivity index (χ4v) is 2.37. The molecule has 19 heavy (non-hydrogen) atoms. The number of rotatable bonds is 3. The lowest BCUT2D eigenvalue weighted by atomic mass is 10.1. The van der Waals surface area contributed by atoms with Crippen molar-refractivity contribution < 1.29 is 14.6 Å². The molecule has 1 atom stereocenters. The van der Waals surface area contributed by atoms with Gasteiger partial charge in [-0.3, -0.25) is 0 Å². The van der Waals surface area contributed by atoms with Crippen molar-refractivity contribution in [2.24, 2.45) is 0 Å². The van der Waals surface area contributed by atoms with Gasteiger partial charge in [0, 0.05) is 17.7 Å². The third-order valence-corrected chi connectivity index (χ3v) is 3.32. The monoisotopic (exact) mass is 257 g/mol. The second-order valence-corrected chi connectivity index (χ2v) is 4.50. The Morgan fingerprint density at radius 3 is 2.79 bits per heavy atom. The van der Waals surface area contributed by atoms with E-state index in [0.29, 0.717) is 11.8 Å². The number of benzene rings is 1. The summed E-state index contributed by atoms with van der Waals surface area (Å²) in [5.74, 6) is 1.77. The van der Waals surface area contributed by atoms with Gasteiger partial charge in [-0.25, -0.2) is 0 Å². The SMILES string of the molecule is COc1cccc(Oc2cccc3c2CC[C@@H]3O)n1. The molecule has 0 bridgehead atoms. The Bertz CT molecular complexity index is 598. The average molecular weight is 257 g/mol. The lowest BCUT2D eigenvalue weighted by Gasteiger charge is -2.10. The molecule has 2 aromatic rings. The van der Waals surface area contributed by atoms with Crippen molar-refractivity contribution in [2.75, 3.05) is 7.11 Å². The first-order valence-electron chi connectivity index (χ1n) is 6.26. The molecule has 0 aliphatic heterocycles. The van der Waals surface area contributed by atoms with Crippen LogP contribution in [-0.2, 0) is 6.42 Å². The molecule has 1 N–H and O–H groups in total. The number of hydrogen-bond donors (Lipinski definition) is 1. The number of hydrogen-bond acceptors (Lipinski definition) is 4. The lowest BCUT2D eigenvalue weighted by molar-refractivity contribution is 0.180. The van der Waals surface area contributed by atoms with Crippen molar-refractivity contribution in [3.8, 4) is 17.5 Å². The molecule has 0 unspecified atom stereocenters. The highest BCUT2D eigenvalue weighted by molar-refractivity contribution is 5.45. The number of methoxy groups -OCH3 is 1. The van der Waals surface area contributed by atoms with Crippen LogP contribution in [0, 0.1) is 0 Å². The predicted molar refractivity (Wildman–Crippen MR) is 70.6 cm³/mol. The maximum Gasteiger partial charge on any atom is 0.222 e. The first-order valence-corrected chi connectivity index (χ1v) is 6.26. The van der Waals surface area contributed by atoms with Gasteiger partial charge in [0.25, 0.3) is 0 Å². The van der Waals surface area contributed by atoms with Gasteiger partial charge < -0.3 is 14.6 Å². The summed E-state index contributed by atoms with van der Waals surface area (Å²) >= 11 is 0. The van der Waals surface area contributed by atoms with Gasteiger partial charge in [-0.2, -0.15) is 4.98 Å². The number of fused-ring (bicyclic) bond motifs is 1. The molecule has 98 valence electrons. The van der Waals surface area contributed by atoms with Gasteiger partial charge in [0.1, 0.15) is 5.75 Å². The van der Waals surface area contributed by atoms with Gasteiger partial charge in [-0.05, 0) is 24.5 Å². The molecule has 4 nitrogen and oxygen atoms in total. The van der Waals surface area contributed by atoms with Crippen LogP contribution in [0.15, 0.2) is 36.4 Å². The molecule has 0 saturated carbocycles. The molecule has 1 aromatic heterocycles. The normalized spacial score (nSPS) is 17.1. The molecule has 0 saturated heterocycles. The highest BCUT2D eigenvalue weighted by atomic mass is 16.5. The zero-order valence-corrected chi connectivity index (χ0v) is 10.7. The summed E-state index contributed by atoms with van der Waals surface area (Å²) in [6, 6.07) is 11.1. The minimum absolute atomic E-state index is 0.378. The van der Waals surface area contributed by atoms with Crippen LogP contribution in [0.2, 0.25) is 0 Å². The van der Waals surface area contributed by atoms with Crippen molar-refractivity contribution in [3.63, 3.8) is 0 Å². The van der Waals surface area contributed by atoms with Gasteiger partial charge in [-0.15, -0.1) is 0 Å². The Morgan fingerprint density at radius 2 is 1.95 bits per heavy atom. The highest BCUT2D eigenvalue weighted by Gasteiger charge is 2.23. The minimum atomic E-state index is -0.378. The van der Waals surface area contributed by atoms with Gasteiger partial charge in [0.2, 0.25) is 11.8 Å². The summed E-state index contributed by atoms with van der Waals surface area (Å²) in [5.41, 5.74) is 2.03. The maximum absolute atomic E-state index is 9.86. The lowest BCUT2D eigenvalue weighted by Crippen LogP contribution is -1.95. The number of nitrogens with zero attached hydrogens (tertiary/aromatic N) is 1. The van der Waals surface area contributed by atoms with Crippen LogP contribution in [0.25, 0.3) is 0 Å². The fourth-order valence-electron chi connectivity index (χ4n) is 2.37. The molecule has 0 fully saturated rings. The van der Waals surface area contributed by atoms with Crippen molar-refractivity contribution in [1.82, 2.24) is 4.98 Å². The molecule has 0 spiro atoms. The molecule has 1 aromatic carbocycles. The quantitative estimate of drug-likeness (QED) is 0.918. The zero-order valence-electron chi connectivity index (χ0n) is 10.7. The van der Waals surface area contributed by atoms with E-state index in [1.165, 1.54) is 0 Å². The molecule has 1 aliphatic carbocycles. The molecular formula is C15H15NO3. The summed E-state index contributed by atoms with van der Waals surface area (Å²) in [5, 5.41) is 9.86. The van der Waals surface area contributed by atoms with E-state index in [1.54, 1.807) is 19.2 Å². The molecule has 4 heteroatoms. The van der Waals surface area contributed by atoms with E-state index in [4.69, 9.17) is 9.47 Å². The number of aromatic nitrogens is 1. The molecule has 0 amide bonds. The topological polar surface area (TPSA) is 51.6 Å². The average Bonchev–Trinajstić information content (AvgIpc) is 2.82. The van der Waals surface area contributed by atoms with E-state index >= 15 is 0 Å². The van der Waals surface area contributed by atoms with Crippen LogP contribution >= 0.6 is 0 Å². The Hall–Kier alpha value is -2.07. The Labute approximate surface area is 111 Å². The fraction of sp³-hybridized carbons (Fsp3) is 0.267. The van der Waals surface area contributed by atoms with Crippen LogP contribution in [-0.4, -0.2) is 17.2 Å². The van der Waals surface area contributed by atoms with Crippen molar-refractivity contribution in [3.05, 3.63) is 47.5 Å². The Balaban J connectivity index is 1.92. The number of ether oxygens (including phenoxy) is 2. The van der Waals surface area contributed by atoms with Crippen LogP contribution < -0.4 is 9.47 Å². The summed E-state index contributed by atoms with van der Waals surface area (Å²) in [4.78, 5) is 4.22. The van der Waals surface area contributed by atoms with Crippen LogP contribution in [0.3, 0.4) is 0 Å². The highest BCUT2D eigenvalue weighted by Crippen LogP contribution is 2.38. The van der Waals surface area contributed by atoms with Gasteiger partial charge in [0.05, 0.1) is 13.2 Å². The van der Waals surface area contributed by atoms with E-state index in [2.05, 4.69) is 4.98 Å². The van der Waals surface area contributed by atoms with Gasteiger partial charge in [0.15, 0.2) is 0 Å². The molecule has 3 rings (SSSR count). The van der Waals surface area contributed by atoms with Crippen molar-refractivity contribution in [2.45, 2.75) is 18.9 Å². The smallest absolute Gasteiger partial charge is 0.222 e. The largest absolute Gasteiger partial charge is 0.481 e. The third kappa shape index (κ3) is 2.27. The van der Waals surface area contributed by atoms with E-state index in [1.807, 2.05) is 24.3 Å². The first kappa shape index (κ1) is 12.0. The maximum atomic E-state index is 9.86. The number of pyridine rings is 1. The molecule has 1 aliphatic rings.